The molecule has 0 amide bonds. The first-order valence-electron chi connectivity index (χ1n) is 5.34. The Morgan fingerprint density at radius 1 is 1.28 bits per heavy atom. The van der Waals surface area contributed by atoms with E-state index in [1.54, 1.807) is 6.07 Å². The number of hydrogen-bond donors (Lipinski definition) is 1. The summed E-state index contributed by atoms with van der Waals surface area (Å²) in [5, 5.41) is 9.02. The summed E-state index contributed by atoms with van der Waals surface area (Å²) in [6, 6.07) is 3.85. The molecule has 1 aromatic carbocycles. The Labute approximate surface area is 108 Å². The third kappa shape index (κ3) is 4.60. The fourth-order valence-corrected chi connectivity index (χ4v) is 2.30. The molecule has 0 aliphatic rings. The molecule has 1 rings (SSSR count). The van der Waals surface area contributed by atoms with Crippen LogP contribution in [0.4, 0.5) is 3.89 Å². The molecule has 0 saturated carbocycles. The van der Waals surface area contributed by atoms with Crippen LogP contribution < -0.4 is 0 Å². The van der Waals surface area contributed by atoms with E-state index in [-0.39, 0.29) is 6.61 Å². The predicted octanol–water partition coefficient (Wildman–Crippen LogP) is 2.07. The van der Waals surface area contributed by atoms with Gasteiger partial charge in [-0.05, 0) is 23.8 Å². The summed E-state index contributed by atoms with van der Waals surface area (Å²) < 4.78 is 34.7. The Hall–Kier alpha value is -1.16. The summed E-state index contributed by atoms with van der Waals surface area (Å²) in [4.78, 5) is -0.464. The van der Waals surface area contributed by atoms with Gasteiger partial charge in [-0.15, -0.1) is 9.43 Å². The minimum Gasteiger partial charge on any atom is -0.392 e. The first-order valence-corrected chi connectivity index (χ1v) is 10.2. The van der Waals surface area contributed by atoms with Crippen molar-refractivity contribution in [1.82, 2.24) is 0 Å². The van der Waals surface area contributed by atoms with Crippen molar-refractivity contribution in [2.75, 3.05) is 0 Å². The summed E-state index contributed by atoms with van der Waals surface area (Å²) in [7, 11) is -6.38. The van der Waals surface area contributed by atoms with E-state index >= 15 is 0 Å². The fraction of sp³-hybridized carbons (Fsp3) is 0.333. The SMILES string of the molecule is C[Si](C)(C)C#Cc1cc(CO)cc(S(=O)(=O)F)c1. The molecule has 0 unspecified atom stereocenters. The van der Waals surface area contributed by atoms with Gasteiger partial charge in [-0.1, -0.05) is 25.6 Å². The zero-order chi connectivity index (χ0) is 14.0. The number of aliphatic hydroxyl groups excluding tert-OH is 1. The van der Waals surface area contributed by atoms with Crippen molar-refractivity contribution in [3.63, 3.8) is 0 Å². The highest BCUT2D eigenvalue weighted by Crippen LogP contribution is 2.17. The molecule has 0 radical (unpaired) electrons. The molecule has 0 atom stereocenters. The fourth-order valence-electron chi connectivity index (χ4n) is 1.22. The highest BCUT2D eigenvalue weighted by atomic mass is 32.3. The maximum Gasteiger partial charge on any atom is 0.332 e. The molecule has 1 aromatic rings. The zero-order valence-electron chi connectivity index (χ0n) is 10.5. The van der Waals surface area contributed by atoms with Crippen LogP contribution in [0, 0.1) is 11.5 Å². The van der Waals surface area contributed by atoms with Crippen LogP contribution in [-0.4, -0.2) is 21.6 Å². The molecular weight excluding hydrogens is 271 g/mol. The molecule has 3 nitrogen and oxygen atoms in total. The van der Waals surface area contributed by atoms with Crippen LogP contribution >= 0.6 is 0 Å². The maximum absolute atomic E-state index is 12.9. The van der Waals surface area contributed by atoms with Crippen molar-refractivity contribution in [3.05, 3.63) is 29.3 Å². The van der Waals surface area contributed by atoms with E-state index in [9.17, 15) is 12.3 Å². The topological polar surface area (TPSA) is 54.4 Å². The lowest BCUT2D eigenvalue weighted by Gasteiger charge is -2.05. The molecule has 1 N–H and O–H groups in total. The van der Waals surface area contributed by atoms with Gasteiger partial charge >= 0.3 is 10.2 Å². The first kappa shape index (κ1) is 14.9. The molecule has 6 heteroatoms. The van der Waals surface area contributed by atoms with E-state index in [0.717, 1.165) is 6.07 Å². The minimum atomic E-state index is -4.78. The Balaban J connectivity index is 3.33. The van der Waals surface area contributed by atoms with Crippen molar-refractivity contribution in [3.8, 4) is 11.5 Å². The van der Waals surface area contributed by atoms with Gasteiger partial charge < -0.3 is 5.11 Å². The van der Waals surface area contributed by atoms with Gasteiger partial charge in [0.2, 0.25) is 0 Å². The molecule has 98 valence electrons. The molecule has 18 heavy (non-hydrogen) atoms. The van der Waals surface area contributed by atoms with Gasteiger partial charge in [-0.3, -0.25) is 0 Å². The average molecular weight is 286 g/mol. The lowest BCUT2D eigenvalue weighted by molar-refractivity contribution is 0.281. The smallest absolute Gasteiger partial charge is 0.332 e. The Kier molecular flexibility index (Phi) is 4.32. The quantitative estimate of drug-likeness (QED) is 0.514. The number of aliphatic hydroxyl groups is 1. The van der Waals surface area contributed by atoms with E-state index in [4.69, 9.17) is 5.11 Å². The standard InChI is InChI=1S/C12H15FO3SSi/c1-18(2,3)5-4-10-6-11(9-14)8-12(7-10)17(13,15)16/h6-8,14H,9H2,1-3H3. The summed E-state index contributed by atoms with van der Waals surface area (Å²) in [6.07, 6.45) is 0. The van der Waals surface area contributed by atoms with E-state index < -0.39 is 23.2 Å². The molecule has 0 saturated heterocycles. The molecule has 0 aliphatic carbocycles. The zero-order valence-corrected chi connectivity index (χ0v) is 12.3. The van der Waals surface area contributed by atoms with Gasteiger partial charge in [0.25, 0.3) is 0 Å². The second-order valence-electron chi connectivity index (χ2n) is 4.96. The Bertz CT molecular complexity index is 606. The van der Waals surface area contributed by atoms with Gasteiger partial charge in [0.15, 0.2) is 0 Å². The number of hydrogen-bond acceptors (Lipinski definition) is 3. The highest BCUT2D eigenvalue weighted by Gasteiger charge is 2.14. The van der Waals surface area contributed by atoms with Crippen molar-refractivity contribution in [2.24, 2.45) is 0 Å². The van der Waals surface area contributed by atoms with Gasteiger partial charge in [0, 0.05) is 5.56 Å². The van der Waals surface area contributed by atoms with Crippen LogP contribution in [0.2, 0.25) is 19.6 Å². The average Bonchev–Trinajstić information content (AvgIpc) is 2.24. The van der Waals surface area contributed by atoms with E-state index in [1.807, 2.05) is 19.6 Å². The summed E-state index contributed by atoms with van der Waals surface area (Å²) in [5.41, 5.74) is 3.79. The third-order valence-electron chi connectivity index (χ3n) is 2.01. The van der Waals surface area contributed by atoms with Gasteiger partial charge in [-0.2, -0.15) is 8.42 Å². The first-order chi connectivity index (χ1) is 8.12. The number of benzene rings is 1. The monoisotopic (exact) mass is 286 g/mol. The molecular formula is C12H15FO3SSi. The summed E-state index contributed by atoms with van der Waals surface area (Å²) in [6.45, 7) is 5.78. The van der Waals surface area contributed by atoms with Crippen LogP contribution in [0.25, 0.3) is 0 Å². The normalized spacial score (nSPS) is 11.8. The molecule has 0 spiro atoms. The molecule has 0 bridgehead atoms. The Morgan fingerprint density at radius 3 is 2.33 bits per heavy atom. The minimum absolute atomic E-state index is 0.327. The second-order valence-corrected chi connectivity index (χ2v) is 11.1. The van der Waals surface area contributed by atoms with E-state index in [2.05, 4.69) is 11.5 Å². The largest absolute Gasteiger partial charge is 0.392 e. The van der Waals surface area contributed by atoms with E-state index in [0.29, 0.717) is 11.1 Å². The second kappa shape index (κ2) is 5.22. The number of halogens is 1. The highest BCUT2D eigenvalue weighted by molar-refractivity contribution is 7.86. The van der Waals surface area contributed by atoms with Crippen LogP contribution in [-0.2, 0) is 16.8 Å². The molecule has 0 heterocycles. The predicted molar refractivity (Wildman–Crippen MR) is 70.9 cm³/mol. The van der Waals surface area contributed by atoms with Gasteiger partial charge in [-0.25, -0.2) is 0 Å². The van der Waals surface area contributed by atoms with Gasteiger partial charge in [0.1, 0.15) is 13.0 Å². The van der Waals surface area contributed by atoms with Crippen LogP contribution in [0.3, 0.4) is 0 Å². The van der Waals surface area contributed by atoms with E-state index in [1.165, 1.54) is 6.07 Å². The van der Waals surface area contributed by atoms with Crippen molar-refractivity contribution >= 4 is 18.3 Å². The molecule has 0 aliphatic heterocycles. The summed E-state index contributed by atoms with van der Waals surface area (Å²) >= 11 is 0. The Morgan fingerprint density at radius 2 is 1.89 bits per heavy atom. The lowest BCUT2D eigenvalue weighted by Crippen LogP contribution is -2.16. The van der Waals surface area contributed by atoms with Crippen molar-refractivity contribution < 1.29 is 17.4 Å². The molecule has 0 fully saturated rings. The van der Waals surface area contributed by atoms with Crippen LogP contribution in [0.1, 0.15) is 11.1 Å². The number of rotatable bonds is 2. The molecule has 0 aromatic heterocycles. The van der Waals surface area contributed by atoms with Crippen molar-refractivity contribution in [2.45, 2.75) is 31.1 Å². The van der Waals surface area contributed by atoms with Crippen LogP contribution in [0.15, 0.2) is 23.1 Å². The summed E-state index contributed by atoms with van der Waals surface area (Å²) in [5.74, 6) is 2.84. The lowest BCUT2D eigenvalue weighted by atomic mass is 10.1. The van der Waals surface area contributed by atoms with Crippen molar-refractivity contribution in [1.29, 1.82) is 0 Å². The third-order valence-corrected chi connectivity index (χ3v) is 3.69. The van der Waals surface area contributed by atoms with Gasteiger partial charge in [0.05, 0.1) is 6.61 Å². The maximum atomic E-state index is 12.9. The van der Waals surface area contributed by atoms with Crippen LogP contribution in [0.5, 0.6) is 0 Å².